The van der Waals surface area contributed by atoms with Gasteiger partial charge in [-0.2, -0.15) is 0 Å². The number of imide groups is 2. The van der Waals surface area contributed by atoms with Crippen LogP contribution in [0.1, 0.15) is 25.7 Å². The Kier molecular flexibility index (Phi) is 6.46. The Morgan fingerprint density at radius 2 is 0.909 bits per heavy atom. The van der Waals surface area contributed by atoms with Gasteiger partial charge in [0, 0.05) is 25.7 Å². The molecule has 2 unspecified atom stereocenters. The molecule has 2 heterocycles. The number of nitrogens with zero attached hydrogens (tertiary/aromatic N) is 2. The lowest BCUT2D eigenvalue weighted by Gasteiger charge is -2.41. The van der Waals surface area contributed by atoms with Gasteiger partial charge in [0.1, 0.15) is 0 Å². The summed E-state index contributed by atoms with van der Waals surface area (Å²) in [7, 11) is -5.82. The predicted molar refractivity (Wildman–Crippen MR) is 128 cm³/mol. The van der Waals surface area contributed by atoms with Gasteiger partial charge in [-0.3, -0.25) is 29.0 Å². The van der Waals surface area contributed by atoms with Crippen LogP contribution in [0, 0.1) is 0 Å². The van der Waals surface area contributed by atoms with Crippen LogP contribution in [0.25, 0.3) is 0 Å². The van der Waals surface area contributed by atoms with Crippen LogP contribution < -0.4 is 10.4 Å². The van der Waals surface area contributed by atoms with Gasteiger partial charge in [0.25, 0.3) is 0 Å². The van der Waals surface area contributed by atoms with Crippen molar-refractivity contribution in [3.63, 3.8) is 0 Å². The second kappa shape index (κ2) is 9.16. The quantitative estimate of drug-likeness (QED) is 0.421. The van der Waals surface area contributed by atoms with Gasteiger partial charge in [-0.1, -0.05) is 60.7 Å². The second-order valence-electron chi connectivity index (χ2n) is 9.04. The highest BCUT2D eigenvalue weighted by atomic mass is 28.4. The zero-order chi connectivity index (χ0) is 23.6. The number of benzene rings is 2. The first kappa shape index (κ1) is 23.3. The van der Waals surface area contributed by atoms with Crippen LogP contribution in [-0.2, 0) is 23.3 Å². The molecular weight excluding hydrogens is 452 g/mol. The Morgan fingerprint density at radius 3 is 1.21 bits per heavy atom. The Bertz CT molecular complexity index is 963. The third-order valence-electron chi connectivity index (χ3n) is 6.45. The molecule has 9 heteroatoms. The van der Waals surface area contributed by atoms with Gasteiger partial charge in [-0.25, -0.2) is 0 Å². The molecular formula is C24H28N2O5Si2. The molecule has 4 rings (SSSR count). The minimum atomic E-state index is -2.91. The van der Waals surface area contributed by atoms with Crippen molar-refractivity contribution in [3.8, 4) is 0 Å². The van der Waals surface area contributed by atoms with Gasteiger partial charge in [-0.05, 0) is 23.5 Å². The van der Waals surface area contributed by atoms with E-state index in [2.05, 4.69) is 0 Å². The van der Waals surface area contributed by atoms with Crippen LogP contribution in [-0.4, -0.2) is 62.4 Å². The van der Waals surface area contributed by atoms with Crippen molar-refractivity contribution >= 4 is 50.6 Å². The molecule has 7 nitrogen and oxygen atoms in total. The van der Waals surface area contributed by atoms with Crippen LogP contribution in [0.5, 0.6) is 0 Å². The Hall–Kier alpha value is -2.89. The first-order valence-electron chi connectivity index (χ1n) is 11.2. The normalized spacial score (nSPS) is 20.3. The zero-order valence-electron chi connectivity index (χ0n) is 19.0. The van der Waals surface area contributed by atoms with E-state index in [1.807, 2.05) is 73.8 Å². The molecule has 0 aliphatic carbocycles. The SMILES string of the molecule is C[Si](CN1C(=O)CCC1=O)(O[Si](C)(CN1C(=O)CCC1=O)c1ccccc1)c1ccccc1. The molecule has 2 aromatic rings. The summed E-state index contributed by atoms with van der Waals surface area (Å²) in [5, 5.41) is 1.93. The van der Waals surface area contributed by atoms with Gasteiger partial charge < -0.3 is 4.12 Å². The van der Waals surface area contributed by atoms with Gasteiger partial charge >= 0.3 is 0 Å². The first-order valence-corrected chi connectivity index (χ1v) is 16.4. The molecule has 2 saturated heterocycles. The fraction of sp³-hybridized carbons (Fsp3) is 0.333. The molecule has 0 N–H and O–H groups in total. The molecule has 0 saturated carbocycles. The van der Waals surface area contributed by atoms with E-state index < -0.39 is 16.6 Å². The number of amides is 4. The molecule has 2 aromatic carbocycles. The minimum absolute atomic E-state index is 0.175. The summed E-state index contributed by atoms with van der Waals surface area (Å²) in [5.41, 5.74) is 0. The standard InChI is InChI=1S/C24H28N2O5Si2/c1-32(19-9-5-3-6-10-19,17-25-21(27)13-14-22(25)28)31-33(2,20-11-7-4-8-12-20)18-26-23(29)15-16-24(26)30/h3-12H,13-18H2,1-2H3. The fourth-order valence-electron chi connectivity index (χ4n) is 4.65. The lowest BCUT2D eigenvalue weighted by atomic mass is 10.4. The molecule has 172 valence electrons. The van der Waals surface area contributed by atoms with Gasteiger partial charge in [-0.15, -0.1) is 0 Å². The van der Waals surface area contributed by atoms with E-state index >= 15 is 0 Å². The Balaban J connectivity index is 1.75. The molecule has 0 bridgehead atoms. The summed E-state index contributed by atoms with van der Waals surface area (Å²) < 4.78 is 7.10. The van der Waals surface area contributed by atoms with Crippen molar-refractivity contribution in [2.24, 2.45) is 0 Å². The zero-order valence-corrected chi connectivity index (χ0v) is 21.0. The maximum absolute atomic E-state index is 12.5. The molecule has 33 heavy (non-hydrogen) atoms. The highest BCUT2D eigenvalue weighted by Crippen LogP contribution is 2.23. The summed E-state index contributed by atoms with van der Waals surface area (Å²) in [6, 6.07) is 19.4. The van der Waals surface area contributed by atoms with E-state index in [1.165, 1.54) is 9.80 Å². The van der Waals surface area contributed by atoms with Crippen LogP contribution in [0.15, 0.2) is 60.7 Å². The van der Waals surface area contributed by atoms with E-state index in [0.29, 0.717) is 0 Å². The fourth-order valence-corrected chi connectivity index (χ4v) is 14.2. The number of rotatable bonds is 8. The molecule has 4 amide bonds. The lowest BCUT2D eigenvalue weighted by molar-refractivity contribution is -0.138. The van der Waals surface area contributed by atoms with E-state index in [0.717, 1.165) is 10.4 Å². The van der Waals surface area contributed by atoms with Crippen molar-refractivity contribution in [1.82, 2.24) is 9.80 Å². The number of carbonyl (C=O) groups excluding carboxylic acids is 4. The Labute approximate surface area is 195 Å². The van der Waals surface area contributed by atoms with Crippen LogP contribution in [0.4, 0.5) is 0 Å². The number of carbonyl (C=O) groups is 4. The highest BCUT2D eigenvalue weighted by Gasteiger charge is 2.48. The summed E-state index contributed by atoms with van der Waals surface area (Å²) in [5.74, 6) is -0.699. The summed E-state index contributed by atoms with van der Waals surface area (Å²) in [6.07, 6.45) is 1.33. The lowest BCUT2D eigenvalue weighted by Crippen LogP contribution is -2.68. The first-order chi connectivity index (χ1) is 15.7. The molecule has 2 aliphatic heterocycles. The summed E-state index contributed by atoms with van der Waals surface area (Å²) in [6.45, 7) is 4.03. The van der Waals surface area contributed by atoms with Crippen molar-refractivity contribution in [1.29, 1.82) is 0 Å². The minimum Gasteiger partial charge on any atom is -0.446 e. The van der Waals surface area contributed by atoms with Crippen LogP contribution >= 0.6 is 0 Å². The maximum Gasteiger partial charge on any atom is 0.229 e. The molecule has 0 radical (unpaired) electrons. The molecule has 2 aliphatic rings. The van der Waals surface area contributed by atoms with Crippen molar-refractivity contribution < 1.29 is 23.3 Å². The van der Waals surface area contributed by atoms with E-state index in [4.69, 9.17) is 4.12 Å². The number of hydrogen-bond acceptors (Lipinski definition) is 5. The van der Waals surface area contributed by atoms with Gasteiger partial charge in [0.2, 0.25) is 40.3 Å². The van der Waals surface area contributed by atoms with Crippen LogP contribution in [0.3, 0.4) is 0 Å². The van der Waals surface area contributed by atoms with Crippen molar-refractivity contribution in [2.75, 3.05) is 12.3 Å². The highest BCUT2D eigenvalue weighted by molar-refractivity contribution is 6.98. The predicted octanol–water partition coefficient (Wildman–Crippen LogP) is 1.34. The summed E-state index contributed by atoms with van der Waals surface area (Å²) >= 11 is 0. The smallest absolute Gasteiger partial charge is 0.229 e. The topological polar surface area (TPSA) is 84.0 Å². The third-order valence-corrected chi connectivity index (χ3v) is 15.0. The van der Waals surface area contributed by atoms with E-state index in [9.17, 15) is 19.2 Å². The third kappa shape index (κ3) is 4.75. The average Bonchev–Trinajstić information content (AvgIpc) is 3.30. The maximum atomic E-state index is 12.5. The van der Waals surface area contributed by atoms with Gasteiger partial charge in [0.15, 0.2) is 0 Å². The molecule has 0 aromatic heterocycles. The van der Waals surface area contributed by atoms with Crippen molar-refractivity contribution in [3.05, 3.63) is 60.7 Å². The molecule has 2 atom stereocenters. The monoisotopic (exact) mass is 480 g/mol. The van der Waals surface area contributed by atoms with Crippen molar-refractivity contribution in [2.45, 2.75) is 38.8 Å². The molecule has 0 spiro atoms. The van der Waals surface area contributed by atoms with E-state index in [1.54, 1.807) is 0 Å². The van der Waals surface area contributed by atoms with E-state index in [-0.39, 0.29) is 61.6 Å². The van der Waals surface area contributed by atoms with Crippen LogP contribution in [0.2, 0.25) is 13.1 Å². The number of hydrogen-bond donors (Lipinski definition) is 0. The summed E-state index contributed by atoms with van der Waals surface area (Å²) in [4.78, 5) is 52.6. The number of likely N-dealkylation sites (tertiary alicyclic amines) is 2. The molecule has 2 fully saturated rings. The average molecular weight is 481 g/mol. The second-order valence-corrected chi connectivity index (χ2v) is 16.6. The van der Waals surface area contributed by atoms with Gasteiger partial charge in [0.05, 0.1) is 12.3 Å². The largest absolute Gasteiger partial charge is 0.446 e. The Morgan fingerprint density at radius 1 is 0.606 bits per heavy atom.